The van der Waals surface area contributed by atoms with Crippen molar-refractivity contribution in [3.8, 4) is 5.75 Å². The number of anilines is 1. The highest BCUT2D eigenvalue weighted by Crippen LogP contribution is 2.37. The highest BCUT2D eigenvalue weighted by molar-refractivity contribution is 6.27. The van der Waals surface area contributed by atoms with Crippen LogP contribution in [0.3, 0.4) is 0 Å². The SMILES string of the molecule is CC(C)(C)OC(=O)Nc1ccc(O)c2c1C(=O)N(C1CCC(=O)NC1=O)C2=O. The van der Waals surface area contributed by atoms with Crippen LogP contribution in [0, 0.1) is 0 Å². The Kier molecular flexibility index (Phi) is 4.58. The first kappa shape index (κ1) is 19.3. The molecule has 1 fully saturated rings. The molecule has 2 aliphatic rings. The van der Waals surface area contributed by atoms with Crippen LogP contribution in [0.4, 0.5) is 10.5 Å². The van der Waals surface area contributed by atoms with E-state index in [2.05, 4.69) is 10.6 Å². The van der Waals surface area contributed by atoms with Gasteiger partial charge in [0.05, 0.1) is 16.8 Å². The van der Waals surface area contributed by atoms with Crippen molar-refractivity contribution < 1.29 is 33.8 Å². The second kappa shape index (κ2) is 6.63. The van der Waals surface area contributed by atoms with Gasteiger partial charge in [-0.05, 0) is 39.3 Å². The summed E-state index contributed by atoms with van der Waals surface area (Å²) in [5.74, 6) is -3.45. The Hall–Kier alpha value is -3.43. The van der Waals surface area contributed by atoms with Crippen molar-refractivity contribution in [3.63, 3.8) is 0 Å². The first-order valence-corrected chi connectivity index (χ1v) is 8.57. The highest BCUT2D eigenvalue weighted by atomic mass is 16.6. The molecular weight excluding hydrogens is 370 g/mol. The third-order valence-electron chi connectivity index (χ3n) is 4.21. The van der Waals surface area contributed by atoms with Gasteiger partial charge < -0.3 is 9.84 Å². The van der Waals surface area contributed by atoms with Gasteiger partial charge in [0.2, 0.25) is 11.8 Å². The van der Waals surface area contributed by atoms with Gasteiger partial charge in [-0.15, -0.1) is 0 Å². The van der Waals surface area contributed by atoms with Crippen LogP contribution in [0.25, 0.3) is 0 Å². The number of hydrogen-bond acceptors (Lipinski definition) is 7. The van der Waals surface area contributed by atoms with Crippen LogP contribution in [0.5, 0.6) is 5.75 Å². The van der Waals surface area contributed by atoms with E-state index in [1.807, 2.05) is 0 Å². The number of carbonyl (C=O) groups excluding carboxylic acids is 5. The predicted octanol–water partition coefficient (Wildman–Crippen LogP) is 1.14. The van der Waals surface area contributed by atoms with E-state index in [0.29, 0.717) is 4.90 Å². The van der Waals surface area contributed by atoms with E-state index in [0.717, 1.165) is 6.07 Å². The lowest BCUT2D eigenvalue weighted by Crippen LogP contribution is -2.54. The molecule has 5 amide bonds. The number of amides is 5. The monoisotopic (exact) mass is 389 g/mol. The Morgan fingerprint density at radius 3 is 2.43 bits per heavy atom. The lowest BCUT2D eigenvalue weighted by Gasteiger charge is -2.27. The van der Waals surface area contributed by atoms with Crippen molar-refractivity contribution in [1.29, 1.82) is 0 Å². The van der Waals surface area contributed by atoms with Crippen molar-refractivity contribution in [2.75, 3.05) is 5.32 Å². The smallest absolute Gasteiger partial charge is 0.412 e. The zero-order valence-corrected chi connectivity index (χ0v) is 15.5. The van der Waals surface area contributed by atoms with Crippen LogP contribution < -0.4 is 10.6 Å². The lowest BCUT2D eigenvalue weighted by atomic mass is 10.0. The van der Waals surface area contributed by atoms with Crippen molar-refractivity contribution >= 4 is 35.4 Å². The minimum atomic E-state index is -1.18. The number of phenolic OH excluding ortho intramolecular Hbond substituents is 1. The standard InChI is InChI=1S/C18H19N3O7/c1-18(2,3)28-17(27)19-8-4-6-10(22)13-12(8)15(25)21(16(13)26)9-5-7-11(23)20-14(9)24/h4,6,9,22H,5,7H2,1-3H3,(H,19,27)(H,20,23,24). The molecular formula is C18H19N3O7. The maximum atomic E-state index is 12.9. The van der Waals surface area contributed by atoms with E-state index in [4.69, 9.17) is 4.74 Å². The topological polar surface area (TPSA) is 142 Å². The number of imide groups is 2. The molecule has 0 spiro atoms. The quantitative estimate of drug-likeness (QED) is 0.508. The van der Waals surface area contributed by atoms with Gasteiger partial charge in [0.1, 0.15) is 17.4 Å². The molecule has 0 aromatic heterocycles. The molecule has 3 rings (SSSR count). The summed E-state index contributed by atoms with van der Waals surface area (Å²) in [7, 11) is 0. The molecule has 3 N–H and O–H groups in total. The average Bonchev–Trinajstić information content (AvgIpc) is 2.81. The second-order valence-electron chi connectivity index (χ2n) is 7.46. The number of rotatable bonds is 2. The Morgan fingerprint density at radius 2 is 1.82 bits per heavy atom. The van der Waals surface area contributed by atoms with Crippen LogP contribution in [0.15, 0.2) is 12.1 Å². The van der Waals surface area contributed by atoms with Gasteiger partial charge in [-0.1, -0.05) is 0 Å². The molecule has 0 bridgehead atoms. The number of aromatic hydroxyl groups is 1. The predicted molar refractivity (Wildman–Crippen MR) is 94.6 cm³/mol. The number of piperidine rings is 1. The number of nitrogens with zero attached hydrogens (tertiary/aromatic N) is 1. The molecule has 2 aliphatic heterocycles. The van der Waals surface area contributed by atoms with Gasteiger partial charge in [0, 0.05) is 6.42 Å². The minimum absolute atomic E-state index is 0.0221. The summed E-state index contributed by atoms with van der Waals surface area (Å²) in [6, 6.07) is 1.24. The third-order valence-corrected chi connectivity index (χ3v) is 4.21. The van der Waals surface area contributed by atoms with Crippen LogP contribution >= 0.6 is 0 Å². The lowest BCUT2D eigenvalue weighted by molar-refractivity contribution is -0.136. The first-order valence-electron chi connectivity index (χ1n) is 8.57. The van der Waals surface area contributed by atoms with Crippen molar-refractivity contribution in [1.82, 2.24) is 10.2 Å². The van der Waals surface area contributed by atoms with Crippen molar-refractivity contribution in [2.45, 2.75) is 45.3 Å². The molecule has 1 atom stereocenters. The number of nitrogens with one attached hydrogen (secondary N) is 2. The zero-order chi connectivity index (χ0) is 20.8. The third kappa shape index (κ3) is 3.40. The first-order chi connectivity index (χ1) is 13.0. The van der Waals surface area contributed by atoms with E-state index in [1.165, 1.54) is 6.07 Å². The van der Waals surface area contributed by atoms with Gasteiger partial charge in [-0.3, -0.25) is 34.7 Å². The van der Waals surface area contributed by atoms with Gasteiger partial charge in [-0.25, -0.2) is 4.79 Å². The number of phenols is 1. The zero-order valence-electron chi connectivity index (χ0n) is 15.5. The molecule has 1 aromatic carbocycles. The highest BCUT2D eigenvalue weighted by Gasteiger charge is 2.47. The van der Waals surface area contributed by atoms with Crippen LogP contribution in [0.1, 0.15) is 54.3 Å². The summed E-state index contributed by atoms with van der Waals surface area (Å²) < 4.78 is 5.14. The van der Waals surface area contributed by atoms with E-state index >= 15 is 0 Å². The Balaban J connectivity index is 1.95. The Morgan fingerprint density at radius 1 is 1.18 bits per heavy atom. The molecule has 1 aromatic rings. The number of ether oxygens (including phenoxy) is 1. The van der Waals surface area contributed by atoms with Gasteiger partial charge >= 0.3 is 6.09 Å². The molecule has 0 radical (unpaired) electrons. The van der Waals surface area contributed by atoms with Crippen LogP contribution in [-0.4, -0.2) is 51.4 Å². The summed E-state index contributed by atoms with van der Waals surface area (Å²) in [4.78, 5) is 61.9. The molecule has 0 aliphatic carbocycles. The number of carbonyl (C=O) groups is 5. The van der Waals surface area contributed by atoms with Crippen LogP contribution in [0.2, 0.25) is 0 Å². The summed E-state index contributed by atoms with van der Waals surface area (Å²) in [6.45, 7) is 4.98. The fourth-order valence-electron chi connectivity index (χ4n) is 3.09. The van der Waals surface area contributed by atoms with Crippen molar-refractivity contribution in [2.24, 2.45) is 0 Å². The molecule has 1 unspecified atom stereocenters. The van der Waals surface area contributed by atoms with Gasteiger partial charge in [0.25, 0.3) is 11.8 Å². The van der Waals surface area contributed by atoms with E-state index in [1.54, 1.807) is 20.8 Å². The summed E-state index contributed by atoms with van der Waals surface area (Å²) in [5, 5.41) is 14.6. The maximum absolute atomic E-state index is 12.9. The number of fused-ring (bicyclic) bond motifs is 1. The number of hydrogen-bond donors (Lipinski definition) is 3. The largest absolute Gasteiger partial charge is 0.507 e. The second-order valence-corrected chi connectivity index (χ2v) is 7.46. The fraction of sp³-hybridized carbons (Fsp3) is 0.389. The van der Waals surface area contributed by atoms with Gasteiger partial charge in [-0.2, -0.15) is 0 Å². The van der Waals surface area contributed by atoms with E-state index in [-0.39, 0.29) is 29.7 Å². The van der Waals surface area contributed by atoms with E-state index in [9.17, 15) is 29.1 Å². The van der Waals surface area contributed by atoms with Crippen LogP contribution in [-0.2, 0) is 14.3 Å². The minimum Gasteiger partial charge on any atom is -0.507 e. The molecule has 10 heteroatoms. The van der Waals surface area contributed by atoms with E-state index < -0.39 is 47.1 Å². The van der Waals surface area contributed by atoms with Gasteiger partial charge in [0.15, 0.2) is 0 Å². The molecule has 148 valence electrons. The molecule has 2 heterocycles. The summed E-state index contributed by atoms with van der Waals surface area (Å²) >= 11 is 0. The number of benzene rings is 1. The summed E-state index contributed by atoms with van der Waals surface area (Å²) in [6.07, 6.45) is -0.898. The molecule has 0 saturated carbocycles. The molecule has 28 heavy (non-hydrogen) atoms. The molecule has 1 saturated heterocycles. The fourth-order valence-corrected chi connectivity index (χ4v) is 3.09. The normalized spacial score (nSPS) is 19.4. The molecule has 10 nitrogen and oxygen atoms in total. The Bertz CT molecular complexity index is 916. The maximum Gasteiger partial charge on any atom is 0.412 e. The average molecular weight is 389 g/mol. The summed E-state index contributed by atoms with van der Waals surface area (Å²) in [5.41, 5.74) is -1.37. The van der Waals surface area contributed by atoms with Crippen molar-refractivity contribution in [3.05, 3.63) is 23.3 Å². The Labute approximate surface area is 159 Å².